The number of nitrogens with zero attached hydrogens (tertiary/aromatic N) is 2. The molecule has 1 heterocycles. The van der Waals surface area contributed by atoms with E-state index in [2.05, 4.69) is 11.2 Å². The Morgan fingerprint density at radius 1 is 1.53 bits per heavy atom. The Hall–Kier alpha value is -1.77. The van der Waals surface area contributed by atoms with Crippen LogP contribution in [0.15, 0.2) is 16.7 Å². The summed E-state index contributed by atoms with van der Waals surface area (Å²) in [4.78, 5) is 0. The Balaban J connectivity index is 0.00000144. The van der Waals surface area contributed by atoms with Crippen molar-refractivity contribution < 1.29 is 9.26 Å². The molecule has 2 aromatic rings. The molecular weight excluding hydrogens is 242 g/mol. The molecule has 0 aliphatic rings. The van der Waals surface area contributed by atoms with E-state index in [0.29, 0.717) is 35.6 Å². The number of aryl methyl sites for hydroxylation is 1. The van der Waals surface area contributed by atoms with Crippen LogP contribution in [0.5, 0.6) is 5.88 Å². The highest BCUT2D eigenvalue weighted by molar-refractivity contribution is 5.90. The summed E-state index contributed by atoms with van der Waals surface area (Å²) in [5.74, 6) is 0.334. The van der Waals surface area contributed by atoms with Gasteiger partial charge in [0.25, 0.3) is 5.88 Å². The van der Waals surface area contributed by atoms with Gasteiger partial charge in [0.1, 0.15) is 18.1 Å². The summed E-state index contributed by atoms with van der Waals surface area (Å²) in [6.07, 6.45) is 0. The van der Waals surface area contributed by atoms with Crippen LogP contribution >= 0.6 is 12.4 Å². The molecule has 0 fully saturated rings. The first kappa shape index (κ1) is 13.3. The van der Waals surface area contributed by atoms with Gasteiger partial charge in [-0.3, -0.25) is 0 Å². The van der Waals surface area contributed by atoms with E-state index in [4.69, 9.17) is 20.3 Å². The number of rotatable bonds is 3. The second-order valence-electron chi connectivity index (χ2n) is 3.37. The molecule has 90 valence electrons. The topological polar surface area (TPSA) is 85.1 Å². The van der Waals surface area contributed by atoms with Crippen LogP contribution in [0.3, 0.4) is 0 Å². The maximum absolute atomic E-state index is 9.00. The van der Waals surface area contributed by atoms with Gasteiger partial charge in [0.05, 0.1) is 5.56 Å². The smallest absolute Gasteiger partial charge is 0.263 e. The van der Waals surface area contributed by atoms with Crippen molar-refractivity contribution in [1.82, 2.24) is 5.16 Å². The molecule has 0 atom stereocenters. The van der Waals surface area contributed by atoms with E-state index in [0.717, 1.165) is 5.56 Å². The molecule has 0 unspecified atom stereocenters. The van der Waals surface area contributed by atoms with Crippen LogP contribution in [0, 0.1) is 18.3 Å². The van der Waals surface area contributed by atoms with Crippen LogP contribution in [0.4, 0.5) is 0 Å². The van der Waals surface area contributed by atoms with Gasteiger partial charge < -0.3 is 15.0 Å². The lowest BCUT2D eigenvalue weighted by Crippen LogP contribution is -2.10. The van der Waals surface area contributed by atoms with E-state index in [-0.39, 0.29) is 12.4 Å². The quantitative estimate of drug-likeness (QED) is 0.901. The van der Waals surface area contributed by atoms with E-state index in [1.165, 1.54) is 0 Å². The molecule has 0 amide bonds. The third kappa shape index (κ3) is 2.33. The average Bonchev–Trinajstić information content (AvgIpc) is 2.72. The standard InChI is InChI=1S/C11H11N3O2.ClH/c1-7-2-3-8(6-13)9-10(7)16-14-11(9)15-5-4-12;/h2-3H,4-5,12H2,1H3;1H. The van der Waals surface area contributed by atoms with E-state index in [9.17, 15) is 0 Å². The molecule has 2 rings (SSSR count). The molecule has 0 saturated carbocycles. The molecule has 5 nitrogen and oxygen atoms in total. The predicted molar refractivity (Wildman–Crippen MR) is 65.3 cm³/mol. The van der Waals surface area contributed by atoms with Crippen LogP contribution in [0.25, 0.3) is 11.0 Å². The molecule has 0 aliphatic heterocycles. The van der Waals surface area contributed by atoms with Crippen LogP contribution in [0.1, 0.15) is 11.1 Å². The fraction of sp³-hybridized carbons (Fsp3) is 0.273. The first-order valence-corrected chi connectivity index (χ1v) is 4.90. The van der Waals surface area contributed by atoms with Crippen molar-refractivity contribution in [3.05, 3.63) is 23.3 Å². The van der Waals surface area contributed by atoms with Gasteiger partial charge in [-0.15, -0.1) is 12.4 Å². The van der Waals surface area contributed by atoms with Gasteiger partial charge in [0, 0.05) is 6.54 Å². The number of benzene rings is 1. The number of halogens is 1. The van der Waals surface area contributed by atoms with E-state index in [1.807, 2.05) is 13.0 Å². The van der Waals surface area contributed by atoms with E-state index >= 15 is 0 Å². The molecule has 0 spiro atoms. The van der Waals surface area contributed by atoms with Gasteiger partial charge in [-0.1, -0.05) is 6.07 Å². The zero-order valence-corrected chi connectivity index (χ0v) is 10.1. The number of fused-ring (bicyclic) bond motifs is 1. The van der Waals surface area contributed by atoms with Crippen molar-refractivity contribution in [3.8, 4) is 11.9 Å². The molecule has 1 aromatic heterocycles. The number of nitrogens with two attached hydrogens (primary N) is 1. The summed E-state index contributed by atoms with van der Waals surface area (Å²) in [7, 11) is 0. The molecule has 1 aromatic carbocycles. The average molecular weight is 254 g/mol. The van der Waals surface area contributed by atoms with Gasteiger partial charge in [-0.2, -0.15) is 5.26 Å². The lowest BCUT2D eigenvalue weighted by atomic mass is 10.1. The van der Waals surface area contributed by atoms with Crippen LogP contribution in [-0.4, -0.2) is 18.3 Å². The van der Waals surface area contributed by atoms with E-state index in [1.54, 1.807) is 6.07 Å². The Bertz CT molecular complexity index is 560. The second-order valence-corrected chi connectivity index (χ2v) is 3.37. The van der Waals surface area contributed by atoms with Crippen molar-refractivity contribution in [3.63, 3.8) is 0 Å². The predicted octanol–water partition coefficient (Wildman–Crippen LogP) is 1.77. The summed E-state index contributed by atoms with van der Waals surface area (Å²) in [5.41, 5.74) is 7.34. The summed E-state index contributed by atoms with van der Waals surface area (Å²) in [6.45, 7) is 2.63. The normalized spacial score (nSPS) is 9.71. The zero-order valence-electron chi connectivity index (χ0n) is 9.27. The van der Waals surface area contributed by atoms with Gasteiger partial charge in [-0.05, 0) is 23.7 Å². The van der Waals surface area contributed by atoms with Gasteiger partial charge in [0.15, 0.2) is 5.58 Å². The molecular formula is C11H12ClN3O2. The first-order chi connectivity index (χ1) is 7.77. The van der Waals surface area contributed by atoms with Gasteiger partial charge >= 0.3 is 0 Å². The van der Waals surface area contributed by atoms with Crippen LogP contribution < -0.4 is 10.5 Å². The van der Waals surface area contributed by atoms with Crippen molar-refractivity contribution in [1.29, 1.82) is 5.26 Å². The summed E-state index contributed by atoms with van der Waals surface area (Å²) in [5, 5.41) is 13.4. The van der Waals surface area contributed by atoms with Gasteiger partial charge in [-0.25, -0.2) is 0 Å². The van der Waals surface area contributed by atoms with E-state index < -0.39 is 0 Å². The fourth-order valence-electron chi connectivity index (χ4n) is 1.50. The monoisotopic (exact) mass is 253 g/mol. The highest BCUT2D eigenvalue weighted by Crippen LogP contribution is 2.30. The Morgan fingerprint density at radius 2 is 2.29 bits per heavy atom. The number of nitriles is 1. The molecule has 2 N–H and O–H groups in total. The maximum atomic E-state index is 9.00. The summed E-state index contributed by atoms with van der Waals surface area (Å²) < 4.78 is 10.5. The zero-order chi connectivity index (χ0) is 11.5. The SMILES string of the molecule is Cc1ccc(C#N)c2c(OCCN)noc12.Cl. The molecule has 0 radical (unpaired) electrons. The second kappa shape index (κ2) is 5.53. The van der Waals surface area contributed by atoms with Crippen molar-refractivity contribution in [2.45, 2.75) is 6.92 Å². The van der Waals surface area contributed by atoms with Crippen molar-refractivity contribution >= 4 is 23.4 Å². The van der Waals surface area contributed by atoms with Gasteiger partial charge in [0.2, 0.25) is 0 Å². The minimum Gasteiger partial charge on any atom is -0.474 e. The minimum atomic E-state index is 0. The third-order valence-corrected chi connectivity index (χ3v) is 2.27. The van der Waals surface area contributed by atoms with Crippen LogP contribution in [-0.2, 0) is 0 Å². The van der Waals surface area contributed by atoms with Crippen molar-refractivity contribution in [2.24, 2.45) is 5.73 Å². The maximum Gasteiger partial charge on any atom is 0.263 e. The molecule has 6 heteroatoms. The lowest BCUT2D eigenvalue weighted by molar-refractivity contribution is 0.293. The number of ether oxygens (including phenoxy) is 1. The molecule has 0 aliphatic carbocycles. The van der Waals surface area contributed by atoms with Crippen molar-refractivity contribution in [2.75, 3.05) is 13.2 Å². The number of aromatic nitrogens is 1. The number of hydrogen-bond acceptors (Lipinski definition) is 5. The Morgan fingerprint density at radius 3 is 2.94 bits per heavy atom. The van der Waals surface area contributed by atoms with Crippen LogP contribution in [0.2, 0.25) is 0 Å². The highest BCUT2D eigenvalue weighted by Gasteiger charge is 2.15. The Kier molecular flexibility index (Phi) is 4.32. The summed E-state index contributed by atoms with van der Waals surface area (Å²) in [6, 6.07) is 5.63. The fourth-order valence-corrected chi connectivity index (χ4v) is 1.50. The number of hydrogen-bond donors (Lipinski definition) is 1. The molecule has 0 bridgehead atoms. The minimum absolute atomic E-state index is 0. The lowest BCUT2D eigenvalue weighted by Gasteiger charge is -2.00. The largest absolute Gasteiger partial charge is 0.474 e. The molecule has 0 saturated heterocycles. The Labute approximate surface area is 105 Å². The highest BCUT2D eigenvalue weighted by atomic mass is 35.5. The summed E-state index contributed by atoms with van der Waals surface area (Å²) >= 11 is 0. The third-order valence-electron chi connectivity index (χ3n) is 2.27. The first-order valence-electron chi connectivity index (χ1n) is 4.90. The molecule has 17 heavy (non-hydrogen) atoms.